The molecule has 0 bridgehead atoms. The van der Waals surface area contributed by atoms with Gasteiger partial charge in [0.25, 0.3) is 0 Å². The van der Waals surface area contributed by atoms with Crippen LogP contribution in [0, 0.1) is 0 Å². The normalized spacial score (nSPS) is 11.5. The van der Waals surface area contributed by atoms with Gasteiger partial charge < -0.3 is 10.1 Å². The number of ether oxygens (including phenoxy) is 1. The SMILES string of the molecule is COC(C)(C)CCNc1ccccc1Br. The van der Waals surface area contributed by atoms with Crippen molar-refractivity contribution < 1.29 is 4.74 Å². The summed E-state index contributed by atoms with van der Waals surface area (Å²) in [5.74, 6) is 0. The van der Waals surface area contributed by atoms with Crippen LogP contribution in [0.25, 0.3) is 0 Å². The van der Waals surface area contributed by atoms with E-state index >= 15 is 0 Å². The van der Waals surface area contributed by atoms with Crippen molar-refractivity contribution in [2.45, 2.75) is 25.9 Å². The highest BCUT2D eigenvalue weighted by atomic mass is 79.9. The zero-order valence-electron chi connectivity index (χ0n) is 9.51. The quantitative estimate of drug-likeness (QED) is 0.882. The van der Waals surface area contributed by atoms with Gasteiger partial charge in [-0.05, 0) is 48.3 Å². The molecule has 0 atom stereocenters. The number of benzene rings is 1. The summed E-state index contributed by atoms with van der Waals surface area (Å²) < 4.78 is 6.45. The summed E-state index contributed by atoms with van der Waals surface area (Å²) >= 11 is 3.50. The minimum absolute atomic E-state index is 0.0613. The van der Waals surface area contributed by atoms with Crippen LogP contribution in [0.2, 0.25) is 0 Å². The first kappa shape index (κ1) is 12.5. The second-order valence-corrected chi connectivity index (χ2v) is 4.97. The van der Waals surface area contributed by atoms with E-state index in [0.717, 1.165) is 23.1 Å². The van der Waals surface area contributed by atoms with E-state index in [-0.39, 0.29) is 5.60 Å². The number of methoxy groups -OCH3 is 1. The van der Waals surface area contributed by atoms with Crippen molar-refractivity contribution in [1.29, 1.82) is 0 Å². The van der Waals surface area contributed by atoms with Crippen molar-refractivity contribution >= 4 is 21.6 Å². The van der Waals surface area contributed by atoms with Crippen LogP contribution in [-0.4, -0.2) is 19.3 Å². The Labute approximate surface area is 100 Å². The van der Waals surface area contributed by atoms with E-state index < -0.39 is 0 Å². The van der Waals surface area contributed by atoms with Crippen molar-refractivity contribution in [3.63, 3.8) is 0 Å². The smallest absolute Gasteiger partial charge is 0.0639 e. The first-order chi connectivity index (χ1) is 7.05. The van der Waals surface area contributed by atoms with Crippen LogP contribution < -0.4 is 5.32 Å². The van der Waals surface area contributed by atoms with E-state index in [4.69, 9.17) is 4.74 Å². The van der Waals surface area contributed by atoms with E-state index in [1.807, 2.05) is 18.2 Å². The molecule has 1 rings (SSSR count). The lowest BCUT2D eigenvalue weighted by atomic mass is 10.1. The molecular formula is C12H18BrNO. The van der Waals surface area contributed by atoms with E-state index in [1.54, 1.807) is 7.11 Å². The summed E-state index contributed by atoms with van der Waals surface area (Å²) in [6.07, 6.45) is 0.977. The lowest BCUT2D eigenvalue weighted by Gasteiger charge is -2.23. The van der Waals surface area contributed by atoms with Crippen molar-refractivity contribution in [2.24, 2.45) is 0 Å². The summed E-state index contributed by atoms with van der Waals surface area (Å²) in [5.41, 5.74) is 1.07. The van der Waals surface area contributed by atoms with Gasteiger partial charge in [-0.25, -0.2) is 0 Å². The Kier molecular flexibility index (Phi) is 4.61. The molecule has 0 spiro atoms. The number of rotatable bonds is 5. The van der Waals surface area contributed by atoms with Gasteiger partial charge in [0.1, 0.15) is 0 Å². The first-order valence-electron chi connectivity index (χ1n) is 5.09. The molecule has 1 aromatic rings. The summed E-state index contributed by atoms with van der Waals surface area (Å²) in [4.78, 5) is 0. The lowest BCUT2D eigenvalue weighted by Crippen LogP contribution is -2.25. The fraction of sp³-hybridized carbons (Fsp3) is 0.500. The topological polar surface area (TPSA) is 21.3 Å². The molecule has 0 aliphatic carbocycles. The third kappa shape index (κ3) is 4.22. The minimum atomic E-state index is -0.0613. The minimum Gasteiger partial charge on any atom is -0.384 e. The standard InChI is InChI=1S/C12H18BrNO/c1-12(2,15-3)8-9-14-11-7-5-4-6-10(11)13/h4-7,14H,8-9H2,1-3H3. The van der Waals surface area contributed by atoms with E-state index in [0.29, 0.717) is 0 Å². The van der Waals surface area contributed by atoms with Crippen LogP contribution in [0.1, 0.15) is 20.3 Å². The first-order valence-corrected chi connectivity index (χ1v) is 5.88. The van der Waals surface area contributed by atoms with Gasteiger partial charge in [0.2, 0.25) is 0 Å². The molecule has 0 unspecified atom stereocenters. The highest BCUT2D eigenvalue weighted by molar-refractivity contribution is 9.10. The third-order valence-corrected chi connectivity index (χ3v) is 3.16. The molecule has 0 heterocycles. The average molecular weight is 272 g/mol. The number of hydrogen-bond acceptors (Lipinski definition) is 2. The zero-order chi connectivity index (χ0) is 11.3. The zero-order valence-corrected chi connectivity index (χ0v) is 11.1. The molecule has 0 saturated heterocycles. The van der Waals surface area contributed by atoms with Gasteiger partial charge in [0.05, 0.1) is 5.60 Å². The molecule has 3 heteroatoms. The van der Waals surface area contributed by atoms with Crippen LogP contribution in [0.4, 0.5) is 5.69 Å². The molecule has 0 fully saturated rings. The molecule has 0 aliphatic rings. The Balaban J connectivity index is 2.42. The number of halogens is 1. The van der Waals surface area contributed by atoms with Gasteiger partial charge in [-0.3, -0.25) is 0 Å². The maximum atomic E-state index is 5.35. The summed E-state index contributed by atoms with van der Waals surface area (Å²) in [7, 11) is 1.75. The van der Waals surface area contributed by atoms with Gasteiger partial charge in [-0.15, -0.1) is 0 Å². The van der Waals surface area contributed by atoms with E-state index in [2.05, 4.69) is 41.2 Å². The van der Waals surface area contributed by atoms with Crippen molar-refractivity contribution in [3.8, 4) is 0 Å². The second-order valence-electron chi connectivity index (χ2n) is 4.12. The highest BCUT2D eigenvalue weighted by Gasteiger charge is 2.15. The maximum Gasteiger partial charge on any atom is 0.0639 e. The predicted octanol–water partition coefficient (Wildman–Crippen LogP) is 3.68. The molecule has 2 nitrogen and oxygen atoms in total. The molecule has 84 valence electrons. The number of nitrogens with one attached hydrogen (secondary N) is 1. The molecule has 0 aromatic heterocycles. The fourth-order valence-electron chi connectivity index (χ4n) is 1.20. The number of hydrogen-bond donors (Lipinski definition) is 1. The molecule has 15 heavy (non-hydrogen) atoms. The summed E-state index contributed by atoms with van der Waals surface area (Å²) in [5, 5.41) is 3.38. The van der Waals surface area contributed by atoms with Gasteiger partial charge in [-0.2, -0.15) is 0 Å². The predicted molar refractivity (Wildman–Crippen MR) is 68.3 cm³/mol. The van der Waals surface area contributed by atoms with Crippen LogP contribution in [0.15, 0.2) is 28.7 Å². The van der Waals surface area contributed by atoms with E-state index in [1.165, 1.54) is 0 Å². The van der Waals surface area contributed by atoms with E-state index in [9.17, 15) is 0 Å². The Hall–Kier alpha value is -0.540. The van der Waals surface area contributed by atoms with Crippen LogP contribution >= 0.6 is 15.9 Å². The Morgan fingerprint density at radius 2 is 2.00 bits per heavy atom. The highest BCUT2D eigenvalue weighted by Crippen LogP contribution is 2.22. The van der Waals surface area contributed by atoms with Crippen LogP contribution in [-0.2, 0) is 4.74 Å². The molecule has 0 aliphatic heterocycles. The van der Waals surface area contributed by atoms with Gasteiger partial charge in [0.15, 0.2) is 0 Å². The van der Waals surface area contributed by atoms with Crippen molar-refractivity contribution in [1.82, 2.24) is 0 Å². The van der Waals surface area contributed by atoms with Crippen LogP contribution in [0.3, 0.4) is 0 Å². The Morgan fingerprint density at radius 1 is 1.33 bits per heavy atom. The van der Waals surface area contributed by atoms with Crippen LogP contribution in [0.5, 0.6) is 0 Å². The summed E-state index contributed by atoms with van der Waals surface area (Å²) in [6, 6.07) is 8.12. The molecule has 1 N–H and O–H groups in total. The molecule has 1 aromatic carbocycles. The fourth-order valence-corrected chi connectivity index (χ4v) is 1.63. The molecular weight excluding hydrogens is 254 g/mol. The Morgan fingerprint density at radius 3 is 2.60 bits per heavy atom. The second kappa shape index (κ2) is 5.52. The largest absolute Gasteiger partial charge is 0.384 e. The van der Waals surface area contributed by atoms with Crippen molar-refractivity contribution in [2.75, 3.05) is 19.0 Å². The van der Waals surface area contributed by atoms with Gasteiger partial charge in [0, 0.05) is 23.8 Å². The third-order valence-electron chi connectivity index (χ3n) is 2.47. The molecule has 0 saturated carbocycles. The average Bonchev–Trinajstić information content (AvgIpc) is 2.21. The lowest BCUT2D eigenvalue weighted by molar-refractivity contribution is 0.0185. The molecule has 0 amide bonds. The molecule has 0 radical (unpaired) electrons. The van der Waals surface area contributed by atoms with Gasteiger partial charge >= 0.3 is 0 Å². The summed E-state index contributed by atoms with van der Waals surface area (Å²) in [6.45, 7) is 5.09. The maximum absolute atomic E-state index is 5.35. The number of para-hydroxylation sites is 1. The van der Waals surface area contributed by atoms with Crippen molar-refractivity contribution in [3.05, 3.63) is 28.7 Å². The Bertz CT molecular complexity index is 312. The van der Waals surface area contributed by atoms with Gasteiger partial charge in [-0.1, -0.05) is 12.1 Å². The number of anilines is 1. The monoisotopic (exact) mass is 271 g/mol.